The van der Waals surface area contributed by atoms with Gasteiger partial charge in [0.05, 0.1) is 17.6 Å². The van der Waals surface area contributed by atoms with E-state index in [0.717, 1.165) is 11.3 Å². The van der Waals surface area contributed by atoms with Crippen molar-refractivity contribution in [3.05, 3.63) is 71.4 Å². The van der Waals surface area contributed by atoms with Crippen molar-refractivity contribution in [2.45, 2.75) is 0 Å². The molecule has 9 heteroatoms. The van der Waals surface area contributed by atoms with Crippen LogP contribution < -0.4 is 10.2 Å². The third-order valence-electron chi connectivity index (χ3n) is 5.16. The third kappa shape index (κ3) is 4.92. The fourth-order valence-corrected chi connectivity index (χ4v) is 4.48. The number of nitrogens with one attached hydrogen (secondary N) is 1. The van der Waals surface area contributed by atoms with Crippen LogP contribution in [0.5, 0.6) is 0 Å². The number of para-hydroxylation sites is 2. The quantitative estimate of drug-likeness (QED) is 0.625. The van der Waals surface area contributed by atoms with E-state index >= 15 is 0 Å². The van der Waals surface area contributed by atoms with Gasteiger partial charge in [-0.15, -0.1) is 0 Å². The molecule has 1 aromatic heterocycles. The molecule has 3 aromatic rings. The van der Waals surface area contributed by atoms with E-state index in [1.54, 1.807) is 24.3 Å². The number of furan rings is 1. The highest BCUT2D eigenvalue weighted by molar-refractivity contribution is 7.88. The molecule has 31 heavy (non-hydrogen) atoms. The predicted octanol–water partition coefficient (Wildman–Crippen LogP) is 3.93. The van der Waals surface area contributed by atoms with Crippen molar-refractivity contribution >= 4 is 38.9 Å². The van der Waals surface area contributed by atoms with Crippen molar-refractivity contribution in [3.63, 3.8) is 0 Å². The fraction of sp³-hybridized carbons (Fsp3) is 0.227. The predicted molar refractivity (Wildman–Crippen MR) is 122 cm³/mol. The van der Waals surface area contributed by atoms with Crippen LogP contribution in [0, 0.1) is 0 Å². The fourth-order valence-electron chi connectivity index (χ4n) is 3.53. The largest absolute Gasteiger partial charge is 0.451 e. The van der Waals surface area contributed by atoms with Gasteiger partial charge in [-0.1, -0.05) is 23.7 Å². The zero-order valence-electron chi connectivity index (χ0n) is 16.9. The zero-order valence-corrected chi connectivity index (χ0v) is 18.5. The van der Waals surface area contributed by atoms with Gasteiger partial charge in [-0.2, -0.15) is 4.31 Å². The maximum absolute atomic E-state index is 12.8. The lowest BCUT2D eigenvalue weighted by Gasteiger charge is -2.35. The van der Waals surface area contributed by atoms with Crippen LogP contribution in [-0.4, -0.2) is 51.1 Å². The Hall–Kier alpha value is -2.81. The summed E-state index contributed by atoms with van der Waals surface area (Å²) in [5, 5.41) is 3.54. The van der Waals surface area contributed by atoms with Gasteiger partial charge in [0.15, 0.2) is 5.76 Å². The number of hydrogen-bond acceptors (Lipinski definition) is 5. The van der Waals surface area contributed by atoms with Crippen molar-refractivity contribution < 1.29 is 17.6 Å². The second-order valence-electron chi connectivity index (χ2n) is 7.29. The van der Waals surface area contributed by atoms with Crippen molar-refractivity contribution in [3.8, 4) is 11.3 Å². The van der Waals surface area contributed by atoms with E-state index in [2.05, 4.69) is 10.2 Å². The van der Waals surface area contributed by atoms with Gasteiger partial charge < -0.3 is 14.6 Å². The number of carbonyl (C=O) groups is 1. The molecule has 0 saturated carbocycles. The number of rotatable bonds is 5. The van der Waals surface area contributed by atoms with Gasteiger partial charge in [-0.3, -0.25) is 4.79 Å². The van der Waals surface area contributed by atoms with Crippen LogP contribution in [-0.2, 0) is 10.0 Å². The summed E-state index contributed by atoms with van der Waals surface area (Å²) < 4.78 is 30.7. The van der Waals surface area contributed by atoms with E-state index in [-0.39, 0.29) is 11.7 Å². The number of anilines is 2. The summed E-state index contributed by atoms with van der Waals surface area (Å²) in [5.41, 5.74) is 2.31. The smallest absolute Gasteiger partial charge is 0.291 e. The summed E-state index contributed by atoms with van der Waals surface area (Å²) >= 11 is 5.92. The average Bonchev–Trinajstić information content (AvgIpc) is 3.25. The number of piperazine rings is 1. The molecule has 1 amide bonds. The van der Waals surface area contributed by atoms with E-state index < -0.39 is 10.0 Å². The van der Waals surface area contributed by atoms with E-state index in [4.69, 9.17) is 16.0 Å². The maximum Gasteiger partial charge on any atom is 0.291 e. The Morgan fingerprint density at radius 1 is 0.968 bits per heavy atom. The lowest BCUT2D eigenvalue weighted by atomic mass is 10.2. The maximum atomic E-state index is 12.8. The molecular formula is C22H22ClN3O4S. The van der Waals surface area contributed by atoms with Crippen LogP contribution in [0.2, 0.25) is 5.02 Å². The molecule has 1 N–H and O–H groups in total. The molecule has 0 aliphatic carbocycles. The number of carbonyl (C=O) groups excluding carboxylic acids is 1. The first-order valence-corrected chi connectivity index (χ1v) is 12.0. The summed E-state index contributed by atoms with van der Waals surface area (Å²) in [6.07, 6.45) is 1.22. The number of hydrogen-bond donors (Lipinski definition) is 1. The summed E-state index contributed by atoms with van der Waals surface area (Å²) in [7, 11) is -3.20. The Morgan fingerprint density at radius 2 is 1.65 bits per heavy atom. The second kappa shape index (κ2) is 8.74. The van der Waals surface area contributed by atoms with E-state index in [0.29, 0.717) is 42.6 Å². The van der Waals surface area contributed by atoms with Crippen molar-refractivity contribution in [1.82, 2.24) is 4.31 Å². The molecule has 162 valence electrons. The van der Waals surface area contributed by atoms with Gasteiger partial charge >= 0.3 is 0 Å². The molecule has 0 spiro atoms. The molecule has 2 aromatic carbocycles. The normalized spacial score (nSPS) is 15.1. The molecule has 1 aliphatic rings. The number of sulfonamides is 1. The van der Waals surface area contributed by atoms with Gasteiger partial charge in [0.25, 0.3) is 5.91 Å². The molecule has 2 heterocycles. The standard InChI is InChI=1S/C22H22ClN3O4S/c1-31(28,29)26-14-12-25(13-15-26)19-5-3-2-4-18(19)24-22(27)21-11-10-20(30-21)16-6-8-17(23)9-7-16/h2-11H,12-15H2,1H3,(H,24,27). The minimum Gasteiger partial charge on any atom is -0.451 e. The Labute approximate surface area is 186 Å². The Balaban J connectivity index is 1.48. The highest BCUT2D eigenvalue weighted by Gasteiger charge is 2.25. The van der Waals surface area contributed by atoms with Crippen LogP contribution in [0.15, 0.2) is 65.1 Å². The Morgan fingerprint density at radius 3 is 2.32 bits per heavy atom. The van der Waals surface area contributed by atoms with Crippen molar-refractivity contribution in [1.29, 1.82) is 0 Å². The van der Waals surface area contributed by atoms with Gasteiger partial charge in [0.2, 0.25) is 10.0 Å². The van der Waals surface area contributed by atoms with Crippen molar-refractivity contribution in [2.75, 3.05) is 42.7 Å². The van der Waals surface area contributed by atoms with Crippen LogP contribution in [0.3, 0.4) is 0 Å². The number of halogens is 1. The first-order chi connectivity index (χ1) is 14.8. The summed E-state index contributed by atoms with van der Waals surface area (Å²) in [6, 6.07) is 18.0. The summed E-state index contributed by atoms with van der Waals surface area (Å²) in [6.45, 7) is 1.90. The van der Waals surface area contributed by atoms with Gasteiger partial charge in [0.1, 0.15) is 5.76 Å². The zero-order chi connectivity index (χ0) is 22.0. The third-order valence-corrected chi connectivity index (χ3v) is 6.71. The molecule has 0 unspecified atom stereocenters. The van der Waals surface area contributed by atoms with Crippen LogP contribution in [0.1, 0.15) is 10.6 Å². The molecule has 0 atom stereocenters. The van der Waals surface area contributed by atoms with E-state index in [9.17, 15) is 13.2 Å². The Kier molecular flexibility index (Phi) is 6.04. The molecule has 0 radical (unpaired) electrons. The van der Waals surface area contributed by atoms with Gasteiger partial charge in [-0.25, -0.2) is 8.42 Å². The van der Waals surface area contributed by atoms with Crippen molar-refractivity contribution in [2.24, 2.45) is 0 Å². The van der Waals surface area contributed by atoms with Crippen LogP contribution in [0.4, 0.5) is 11.4 Å². The minimum absolute atomic E-state index is 0.196. The number of amides is 1. The first kappa shape index (κ1) is 21.4. The number of benzene rings is 2. The van der Waals surface area contributed by atoms with Crippen LogP contribution in [0.25, 0.3) is 11.3 Å². The molecule has 1 saturated heterocycles. The summed E-state index contributed by atoms with van der Waals surface area (Å²) in [5.74, 6) is 0.413. The van der Waals surface area contributed by atoms with Gasteiger partial charge in [0, 0.05) is 36.8 Å². The molecule has 4 rings (SSSR count). The molecule has 1 aliphatic heterocycles. The highest BCUT2D eigenvalue weighted by Crippen LogP contribution is 2.29. The Bertz CT molecular complexity index is 1180. The SMILES string of the molecule is CS(=O)(=O)N1CCN(c2ccccc2NC(=O)c2ccc(-c3ccc(Cl)cc3)o2)CC1. The topological polar surface area (TPSA) is 82.9 Å². The molecule has 0 bridgehead atoms. The first-order valence-electron chi connectivity index (χ1n) is 9.77. The second-order valence-corrected chi connectivity index (χ2v) is 9.71. The highest BCUT2D eigenvalue weighted by atomic mass is 35.5. The van der Waals surface area contributed by atoms with E-state index in [1.165, 1.54) is 10.6 Å². The minimum atomic E-state index is -3.20. The van der Waals surface area contributed by atoms with E-state index in [1.807, 2.05) is 36.4 Å². The number of nitrogens with zero attached hydrogens (tertiary/aromatic N) is 2. The van der Waals surface area contributed by atoms with Crippen LogP contribution >= 0.6 is 11.6 Å². The molecular weight excluding hydrogens is 438 g/mol. The lowest BCUT2D eigenvalue weighted by Crippen LogP contribution is -2.48. The average molecular weight is 460 g/mol. The lowest BCUT2D eigenvalue weighted by molar-refractivity contribution is 0.0997. The monoisotopic (exact) mass is 459 g/mol. The summed E-state index contributed by atoms with van der Waals surface area (Å²) in [4.78, 5) is 14.9. The molecule has 7 nitrogen and oxygen atoms in total. The van der Waals surface area contributed by atoms with Gasteiger partial charge in [-0.05, 0) is 48.5 Å². The molecule has 1 fully saturated rings.